The third-order valence-electron chi connectivity index (χ3n) is 2.71. The fourth-order valence-corrected chi connectivity index (χ4v) is 2.44. The highest BCUT2D eigenvalue weighted by Gasteiger charge is 2.20. The Balaban J connectivity index is 2.79. The lowest BCUT2D eigenvalue weighted by Crippen LogP contribution is -2.26. The Kier molecular flexibility index (Phi) is 5.65. The van der Waals surface area contributed by atoms with Gasteiger partial charge in [-0.15, -0.1) is 0 Å². The van der Waals surface area contributed by atoms with E-state index in [0.717, 1.165) is 6.26 Å². The molecule has 2 N–H and O–H groups in total. The SMILES string of the molecule is CNc1c(C(=O)NCCCS(C)(=O)=O)cccc1[N+](=O)[O-]. The first-order chi connectivity index (χ1) is 9.76. The van der Waals surface area contributed by atoms with E-state index < -0.39 is 20.7 Å². The van der Waals surface area contributed by atoms with Crippen LogP contribution in [0.1, 0.15) is 16.8 Å². The van der Waals surface area contributed by atoms with Crippen LogP contribution in [0.15, 0.2) is 18.2 Å². The Hall–Kier alpha value is -2.16. The molecule has 1 aromatic carbocycles. The summed E-state index contributed by atoms with van der Waals surface area (Å²) in [6.07, 6.45) is 1.41. The van der Waals surface area contributed by atoms with Crippen molar-refractivity contribution >= 4 is 27.1 Å². The maximum Gasteiger partial charge on any atom is 0.293 e. The fourth-order valence-electron chi connectivity index (χ4n) is 1.78. The molecular weight excluding hydrogens is 298 g/mol. The molecule has 0 aromatic heterocycles. The third kappa shape index (κ3) is 5.03. The van der Waals surface area contributed by atoms with Crippen LogP contribution in [0.4, 0.5) is 11.4 Å². The van der Waals surface area contributed by atoms with E-state index in [-0.39, 0.29) is 35.7 Å². The van der Waals surface area contributed by atoms with Crippen LogP contribution < -0.4 is 10.6 Å². The van der Waals surface area contributed by atoms with Crippen molar-refractivity contribution < 1.29 is 18.1 Å². The lowest BCUT2D eigenvalue weighted by atomic mass is 10.1. The standard InChI is InChI=1S/C12H17N3O5S/c1-13-11-9(5-3-6-10(11)15(17)18)12(16)14-7-4-8-21(2,19)20/h3,5-6,13H,4,7-8H2,1-2H3,(H,14,16). The predicted octanol–water partition coefficient (Wildman–Crippen LogP) is 0.801. The van der Waals surface area contributed by atoms with Gasteiger partial charge in [-0.2, -0.15) is 0 Å². The maximum atomic E-state index is 12.0. The smallest absolute Gasteiger partial charge is 0.293 e. The number of benzene rings is 1. The number of hydrogen-bond acceptors (Lipinski definition) is 6. The number of nitro groups is 1. The molecule has 0 radical (unpaired) electrons. The molecule has 0 atom stereocenters. The molecule has 21 heavy (non-hydrogen) atoms. The molecule has 0 saturated carbocycles. The van der Waals surface area contributed by atoms with Gasteiger partial charge in [0.2, 0.25) is 0 Å². The van der Waals surface area contributed by atoms with E-state index in [1.54, 1.807) is 0 Å². The van der Waals surface area contributed by atoms with E-state index in [0.29, 0.717) is 0 Å². The summed E-state index contributed by atoms with van der Waals surface area (Å²) in [6.45, 7) is 0.178. The van der Waals surface area contributed by atoms with Crippen molar-refractivity contribution in [3.8, 4) is 0 Å². The van der Waals surface area contributed by atoms with E-state index in [1.165, 1.54) is 25.2 Å². The minimum atomic E-state index is -3.07. The van der Waals surface area contributed by atoms with Crippen LogP contribution >= 0.6 is 0 Å². The monoisotopic (exact) mass is 315 g/mol. The largest absolute Gasteiger partial charge is 0.382 e. The zero-order chi connectivity index (χ0) is 16.0. The number of nitro benzene ring substituents is 1. The number of carbonyl (C=O) groups excluding carboxylic acids is 1. The van der Waals surface area contributed by atoms with Gasteiger partial charge in [-0.1, -0.05) is 6.07 Å². The molecule has 116 valence electrons. The molecule has 1 aromatic rings. The molecule has 8 nitrogen and oxygen atoms in total. The highest BCUT2D eigenvalue weighted by molar-refractivity contribution is 7.90. The van der Waals surface area contributed by atoms with Crippen LogP contribution in [0, 0.1) is 10.1 Å². The van der Waals surface area contributed by atoms with E-state index in [4.69, 9.17) is 0 Å². The molecule has 1 rings (SSSR count). The highest BCUT2D eigenvalue weighted by Crippen LogP contribution is 2.27. The Labute approximate surface area is 122 Å². The molecule has 0 aliphatic rings. The Bertz CT molecular complexity index is 642. The summed E-state index contributed by atoms with van der Waals surface area (Å²) in [6, 6.07) is 4.18. The van der Waals surface area contributed by atoms with Gasteiger partial charge in [0.25, 0.3) is 11.6 Å². The summed E-state index contributed by atoms with van der Waals surface area (Å²) in [4.78, 5) is 22.3. The number of anilines is 1. The van der Waals surface area contributed by atoms with Crippen LogP contribution in [0.25, 0.3) is 0 Å². The van der Waals surface area contributed by atoms with Gasteiger partial charge in [0.05, 0.1) is 16.2 Å². The molecule has 0 fully saturated rings. The Morgan fingerprint density at radius 3 is 2.57 bits per heavy atom. The molecule has 0 saturated heterocycles. The average molecular weight is 315 g/mol. The molecule has 1 amide bonds. The zero-order valence-electron chi connectivity index (χ0n) is 11.8. The summed E-state index contributed by atoms with van der Waals surface area (Å²) in [5.74, 6) is -0.516. The van der Waals surface area contributed by atoms with E-state index >= 15 is 0 Å². The molecule has 0 aliphatic heterocycles. The molecule has 0 bridgehead atoms. The molecule has 0 spiro atoms. The summed E-state index contributed by atoms with van der Waals surface area (Å²) >= 11 is 0. The number of carbonyl (C=O) groups is 1. The molecule has 0 heterocycles. The lowest BCUT2D eigenvalue weighted by molar-refractivity contribution is -0.384. The second-order valence-corrected chi connectivity index (χ2v) is 6.71. The quantitative estimate of drug-likeness (QED) is 0.436. The van der Waals surface area contributed by atoms with Crippen LogP contribution in [0.2, 0.25) is 0 Å². The summed E-state index contributed by atoms with van der Waals surface area (Å²) < 4.78 is 21.9. The van der Waals surface area contributed by atoms with E-state index in [9.17, 15) is 23.3 Å². The Morgan fingerprint density at radius 2 is 2.05 bits per heavy atom. The molecular formula is C12H17N3O5S. The second kappa shape index (κ2) is 7.02. The van der Waals surface area contributed by atoms with Crippen LogP contribution in [0.5, 0.6) is 0 Å². The first-order valence-corrected chi connectivity index (χ1v) is 8.23. The number of amides is 1. The first kappa shape index (κ1) is 16.9. The minimum absolute atomic E-state index is 0.0267. The second-order valence-electron chi connectivity index (χ2n) is 4.45. The van der Waals surface area contributed by atoms with Gasteiger partial charge >= 0.3 is 0 Å². The van der Waals surface area contributed by atoms with Crippen LogP contribution in [-0.2, 0) is 9.84 Å². The Morgan fingerprint density at radius 1 is 1.38 bits per heavy atom. The van der Waals surface area contributed by atoms with Crippen molar-refractivity contribution in [2.75, 3.05) is 30.9 Å². The van der Waals surface area contributed by atoms with E-state index in [1.807, 2.05) is 0 Å². The summed E-state index contributed by atoms with van der Waals surface area (Å²) in [5, 5.41) is 16.1. The molecule has 0 aliphatic carbocycles. The molecule has 9 heteroatoms. The topological polar surface area (TPSA) is 118 Å². The first-order valence-electron chi connectivity index (χ1n) is 6.17. The normalized spacial score (nSPS) is 11.0. The van der Waals surface area contributed by atoms with Gasteiger partial charge in [0, 0.05) is 25.9 Å². The maximum absolute atomic E-state index is 12.0. The van der Waals surface area contributed by atoms with Crippen LogP contribution in [-0.4, -0.2) is 44.8 Å². The third-order valence-corrected chi connectivity index (χ3v) is 3.74. The fraction of sp³-hybridized carbons (Fsp3) is 0.417. The number of nitrogens with one attached hydrogen (secondary N) is 2. The van der Waals surface area contributed by atoms with Gasteiger partial charge in [0.15, 0.2) is 0 Å². The molecule has 0 unspecified atom stereocenters. The number of para-hydroxylation sites is 1. The number of rotatable bonds is 7. The average Bonchev–Trinajstić information content (AvgIpc) is 2.41. The van der Waals surface area contributed by atoms with Crippen molar-refractivity contribution in [3.63, 3.8) is 0 Å². The number of nitrogens with zero attached hydrogens (tertiary/aromatic N) is 1. The summed E-state index contributed by atoms with van der Waals surface area (Å²) in [7, 11) is -1.58. The van der Waals surface area contributed by atoms with Crippen molar-refractivity contribution in [2.24, 2.45) is 0 Å². The van der Waals surface area contributed by atoms with Crippen LogP contribution in [0.3, 0.4) is 0 Å². The van der Waals surface area contributed by atoms with E-state index in [2.05, 4.69) is 10.6 Å². The van der Waals surface area contributed by atoms with Crippen molar-refractivity contribution in [1.29, 1.82) is 0 Å². The van der Waals surface area contributed by atoms with Gasteiger partial charge in [0.1, 0.15) is 15.5 Å². The van der Waals surface area contributed by atoms with Gasteiger partial charge in [-0.3, -0.25) is 14.9 Å². The van der Waals surface area contributed by atoms with Crippen molar-refractivity contribution in [2.45, 2.75) is 6.42 Å². The highest BCUT2D eigenvalue weighted by atomic mass is 32.2. The van der Waals surface area contributed by atoms with Gasteiger partial charge < -0.3 is 10.6 Å². The number of hydrogen-bond donors (Lipinski definition) is 2. The van der Waals surface area contributed by atoms with Gasteiger partial charge in [-0.25, -0.2) is 8.42 Å². The lowest BCUT2D eigenvalue weighted by Gasteiger charge is -2.10. The zero-order valence-corrected chi connectivity index (χ0v) is 12.6. The van der Waals surface area contributed by atoms with Crippen molar-refractivity contribution in [3.05, 3.63) is 33.9 Å². The minimum Gasteiger partial charge on any atom is -0.382 e. The number of sulfone groups is 1. The van der Waals surface area contributed by atoms with Crippen molar-refractivity contribution in [1.82, 2.24) is 5.32 Å². The summed E-state index contributed by atoms with van der Waals surface area (Å²) in [5.41, 5.74) is 0.0791. The predicted molar refractivity (Wildman–Crippen MR) is 79.3 cm³/mol. The van der Waals surface area contributed by atoms with Gasteiger partial charge in [-0.05, 0) is 12.5 Å².